The first-order valence-corrected chi connectivity index (χ1v) is 10.3. The van der Waals surface area contributed by atoms with Gasteiger partial charge in [-0.1, -0.05) is 63.2 Å². The highest BCUT2D eigenvalue weighted by Crippen LogP contribution is 2.29. The molecule has 1 aromatic heterocycles. The van der Waals surface area contributed by atoms with Crippen LogP contribution in [0.2, 0.25) is 0 Å². The standard InChI is InChI=1S/C21H25N3O2S/c1-16-9-8-12-18(13-16)23-27(25,26)19-15-24(22-20(19)21(2,3)4)14-17-10-6-5-7-11-17/h5-13,15,23H,14H2,1-4H3. The minimum absolute atomic E-state index is 0.215. The fraction of sp³-hybridized carbons (Fsp3) is 0.286. The van der Waals surface area contributed by atoms with Gasteiger partial charge in [0.15, 0.2) is 0 Å². The third kappa shape index (κ3) is 4.57. The number of benzene rings is 2. The summed E-state index contributed by atoms with van der Waals surface area (Å²) < 4.78 is 30.5. The number of rotatable bonds is 5. The number of aromatic nitrogens is 2. The molecule has 0 fully saturated rings. The van der Waals surface area contributed by atoms with E-state index in [0.29, 0.717) is 17.9 Å². The molecule has 3 rings (SSSR count). The average Bonchev–Trinajstić information content (AvgIpc) is 3.01. The molecule has 0 amide bonds. The Labute approximate surface area is 161 Å². The highest BCUT2D eigenvalue weighted by Gasteiger charge is 2.30. The zero-order valence-electron chi connectivity index (χ0n) is 16.1. The Balaban J connectivity index is 1.99. The highest BCUT2D eigenvalue weighted by atomic mass is 32.2. The molecule has 0 saturated heterocycles. The van der Waals surface area contributed by atoms with Crippen molar-refractivity contribution in [1.82, 2.24) is 9.78 Å². The molecule has 0 aliphatic rings. The Morgan fingerprint density at radius 2 is 1.74 bits per heavy atom. The molecule has 1 N–H and O–H groups in total. The van der Waals surface area contributed by atoms with Gasteiger partial charge < -0.3 is 0 Å². The minimum atomic E-state index is -3.75. The molecule has 0 aliphatic heterocycles. The van der Waals surface area contributed by atoms with Crippen molar-refractivity contribution in [2.75, 3.05) is 4.72 Å². The van der Waals surface area contributed by atoms with Gasteiger partial charge in [-0.15, -0.1) is 0 Å². The van der Waals surface area contributed by atoms with Crippen LogP contribution in [0.4, 0.5) is 5.69 Å². The SMILES string of the molecule is Cc1cccc(NS(=O)(=O)c2cn(Cc3ccccc3)nc2C(C)(C)C)c1. The molecule has 0 spiro atoms. The van der Waals surface area contributed by atoms with Crippen LogP contribution in [0.25, 0.3) is 0 Å². The lowest BCUT2D eigenvalue weighted by atomic mass is 9.92. The van der Waals surface area contributed by atoms with Crippen LogP contribution in [-0.4, -0.2) is 18.2 Å². The first-order chi connectivity index (χ1) is 12.6. The lowest BCUT2D eigenvalue weighted by Gasteiger charge is -2.18. The normalized spacial score (nSPS) is 12.1. The Hall–Kier alpha value is -2.60. The van der Waals surface area contributed by atoms with Gasteiger partial charge in [-0.2, -0.15) is 5.10 Å². The molecular weight excluding hydrogens is 358 g/mol. The van der Waals surface area contributed by atoms with Crippen LogP contribution in [0.3, 0.4) is 0 Å². The van der Waals surface area contributed by atoms with E-state index in [0.717, 1.165) is 11.1 Å². The van der Waals surface area contributed by atoms with E-state index >= 15 is 0 Å². The van der Waals surface area contributed by atoms with E-state index in [4.69, 9.17) is 0 Å². The largest absolute Gasteiger partial charge is 0.280 e. The van der Waals surface area contributed by atoms with Gasteiger partial charge in [0, 0.05) is 17.3 Å². The number of hydrogen-bond donors (Lipinski definition) is 1. The third-order valence-electron chi connectivity index (χ3n) is 4.19. The van der Waals surface area contributed by atoms with Crippen LogP contribution in [0.1, 0.15) is 37.6 Å². The van der Waals surface area contributed by atoms with Crippen LogP contribution >= 0.6 is 0 Å². The second-order valence-electron chi connectivity index (χ2n) is 7.75. The predicted octanol–water partition coefficient (Wildman–Crippen LogP) is 4.34. The number of nitrogens with zero attached hydrogens (tertiary/aromatic N) is 2. The Morgan fingerprint density at radius 3 is 2.37 bits per heavy atom. The van der Waals surface area contributed by atoms with E-state index in [1.807, 2.05) is 76.2 Å². The molecule has 27 heavy (non-hydrogen) atoms. The minimum Gasteiger partial charge on any atom is -0.280 e. The number of anilines is 1. The molecule has 5 nitrogen and oxygen atoms in total. The summed E-state index contributed by atoms with van der Waals surface area (Å²) in [6.45, 7) is 8.34. The maximum atomic E-state index is 13.1. The second-order valence-corrected chi connectivity index (χ2v) is 9.40. The predicted molar refractivity (Wildman–Crippen MR) is 108 cm³/mol. The van der Waals surface area contributed by atoms with Crippen molar-refractivity contribution in [2.24, 2.45) is 0 Å². The molecule has 0 unspecified atom stereocenters. The van der Waals surface area contributed by atoms with Gasteiger partial charge in [-0.3, -0.25) is 9.40 Å². The summed E-state index contributed by atoms with van der Waals surface area (Å²) in [5.74, 6) is 0. The van der Waals surface area contributed by atoms with Crippen LogP contribution in [0.15, 0.2) is 65.7 Å². The van der Waals surface area contributed by atoms with E-state index in [1.54, 1.807) is 16.9 Å². The number of sulfonamides is 1. The Kier molecular flexibility index (Phi) is 5.11. The van der Waals surface area contributed by atoms with Crippen molar-refractivity contribution in [3.05, 3.63) is 77.6 Å². The van der Waals surface area contributed by atoms with Gasteiger partial charge >= 0.3 is 0 Å². The molecule has 0 aliphatic carbocycles. The Morgan fingerprint density at radius 1 is 1.04 bits per heavy atom. The fourth-order valence-corrected chi connectivity index (χ4v) is 4.30. The van der Waals surface area contributed by atoms with Gasteiger partial charge in [-0.25, -0.2) is 8.42 Å². The van der Waals surface area contributed by atoms with Gasteiger partial charge in [-0.05, 0) is 30.2 Å². The Bertz CT molecular complexity index is 1030. The van der Waals surface area contributed by atoms with Crippen molar-refractivity contribution in [3.63, 3.8) is 0 Å². The molecule has 3 aromatic rings. The number of nitrogens with one attached hydrogen (secondary N) is 1. The fourth-order valence-electron chi connectivity index (χ4n) is 2.89. The maximum Gasteiger partial charge on any atom is 0.265 e. The third-order valence-corrected chi connectivity index (χ3v) is 5.57. The first-order valence-electron chi connectivity index (χ1n) is 8.86. The monoisotopic (exact) mass is 383 g/mol. The maximum absolute atomic E-state index is 13.1. The van der Waals surface area contributed by atoms with E-state index < -0.39 is 15.4 Å². The first kappa shape index (κ1) is 19.2. The molecule has 1 heterocycles. The summed E-state index contributed by atoms with van der Waals surface area (Å²) >= 11 is 0. The number of aryl methyl sites for hydroxylation is 1. The van der Waals surface area contributed by atoms with Gasteiger partial charge in [0.2, 0.25) is 0 Å². The van der Waals surface area contributed by atoms with Crippen molar-refractivity contribution >= 4 is 15.7 Å². The van der Waals surface area contributed by atoms with Crippen LogP contribution in [0.5, 0.6) is 0 Å². The molecule has 0 saturated carbocycles. The highest BCUT2D eigenvalue weighted by molar-refractivity contribution is 7.92. The van der Waals surface area contributed by atoms with Gasteiger partial charge in [0.1, 0.15) is 4.90 Å². The zero-order valence-corrected chi connectivity index (χ0v) is 16.9. The summed E-state index contributed by atoms with van der Waals surface area (Å²) in [7, 11) is -3.75. The lowest BCUT2D eigenvalue weighted by molar-refractivity contribution is 0.533. The summed E-state index contributed by atoms with van der Waals surface area (Å²) in [6, 6.07) is 17.2. The molecule has 0 bridgehead atoms. The zero-order chi connectivity index (χ0) is 19.7. The topological polar surface area (TPSA) is 64.0 Å². The molecule has 0 atom stereocenters. The van der Waals surface area contributed by atoms with Crippen molar-refractivity contribution in [3.8, 4) is 0 Å². The van der Waals surface area contributed by atoms with Gasteiger partial charge in [0.25, 0.3) is 10.0 Å². The van der Waals surface area contributed by atoms with Crippen LogP contribution < -0.4 is 4.72 Å². The van der Waals surface area contributed by atoms with Crippen molar-refractivity contribution in [2.45, 2.75) is 44.6 Å². The van der Waals surface area contributed by atoms with Crippen LogP contribution in [0, 0.1) is 6.92 Å². The van der Waals surface area contributed by atoms with E-state index in [2.05, 4.69) is 9.82 Å². The lowest BCUT2D eigenvalue weighted by Crippen LogP contribution is -2.20. The van der Waals surface area contributed by atoms with E-state index in [9.17, 15) is 8.42 Å². The van der Waals surface area contributed by atoms with Gasteiger partial charge in [0.05, 0.1) is 12.2 Å². The molecule has 142 valence electrons. The molecule has 2 aromatic carbocycles. The summed E-state index contributed by atoms with van der Waals surface area (Å²) in [5, 5.41) is 4.60. The molecular formula is C21H25N3O2S. The summed E-state index contributed by atoms with van der Waals surface area (Å²) in [4.78, 5) is 0.215. The van der Waals surface area contributed by atoms with E-state index in [-0.39, 0.29) is 4.90 Å². The van der Waals surface area contributed by atoms with E-state index in [1.165, 1.54) is 0 Å². The molecule has 6 heteroatoms. The van der Waals surface area contributed by atoms with Crippen LogP contribution in [-0.2, 0) is 22.0 Å². The summed E-state index contributed by atoms with van der Waals surface area (Å²) in [6.07, 6.45) is 1.62. The molecule has 0 radical (unpaired) electrons. The quantitative estimate of drug-likeness (QED) is 0.713. The number of hydrogen-bond acceptors (Lipinski definition) is 3. The average molecular weight is 384 g/mol. The second kappa shape index (κ2) is 7.19. The summed E-state index contributed by atoms with van der Waals surface area (Å²) in [5.41, 5.74) is 2.75. The van der Waals surface area contributed by atoms with Crippen molar-refractivity contribution in [1.29, 1.82) is 0 Å². The smallest absolute Gasteiger partial charge is 0.265 e. The van der Waals surface area contributed by atoms with Crippen molar-refractivity contribution < 1.29 is 8.42 Å².